The number of benzene rings is 2. The summed E-state index contributed by atoms with van der Waals surface area (Å²) in [6, 6.07) is 18.4. The highest BCUT2D eigenvalue weighted by Gasteiger charge is 2.21. The van der Waals surface area contributed by atoms with Gasteiger partial charge in [-0.1, -0.05) is 42.5 Å². The predicted octanol–water partition coefficient (Wildman–Crippen LogP) is 3.66. The smallest absolute Gasteiger partial charge is 0.360 e. The summed E-state index contributed by atoms with van der Waals surface area (Å²) >= 11 is 0. The Labute approximate surface area is 138 Å². The van der Waals surface area contributed by atoms with Crippen molar-refractivity contribution in [2.45, 2.75) is 12.8 Å². The molecule has 2 aromatic carbocycles. The molecule has 24 heavy (non-hydrogen) atoms. The van der Waals surface area contributed by atoms with E-state index in [-0.39, 0.29) is 11.6 Å². The minimum absolute atomic E-state index is 0.182. The van der Waals surface area contributed by atoms with E-state index in [1.54, 1.807) is 30.3 Å². The normalized spacial score (nSPS) is 12.2. The standard InChI is InChI=1S/C20H15NO3/c22-19(14-7-2-1-3-8-14)21-17-12-15-11-10-13-6-4-5-9-16(13)18(15)24-20(17)23/h1-9,12H,10-11H2,(H,21,22). The van der Waals surface area contributed by atoms with Crippen molar-refractivity contribution in [1.82, 2.24) is 0 Å². The molecule has 0 unspecified atom stereocenters. The lowest BCUT2D eigenvalue weighted by atomic mass is 9.90. The molecule has 1 N–H and O–H groups in total. The minimum atomic E-state index is -0.533. The van der Waals surface area contributed by atoms with E-state index >= 15 is 0 Å². The van der Waals surface area contributed by atoms with Gasteiger partial charge >= 0.3 is 5.63 Å². The molecule has 0 aliphatic heterocycles. The molecule has 1 aromatic heterocycles. The van der Waals surface area contributed by atoms with Gasteiger partial charge in [0.25, 0.3) is 5.91 Å². The highest BCUT2D eigenvalue weighted by Crippen LogP contribution is 2.33. The summed E-state index contributed by atoms with van der Waals surface area (Å²) in [5.41, 5.74) is 3.22. The third-order valence-electron chi connectivity index (χ3n) is 4.23. The maximum atomic E-state index is 12.3. The van der Waals surface area contributed by atoms with E-state index in [2.05, 4.69) is 5.32 Å². The zero-order chi connectivity index (χ0) is 16.5. The molecule has 3 aromatic rings. The van der Waals surface area contributed by atoms with Gasteiger partial charge in [-0.2, -0.15) is 0 Å². The second kappa shape index (κ2) is 5.81. The largest absolute Gasteiger partial charge is 0.421 e. The van der Waals surface area contributed by atoms with Crippen molar-refractivity contribution in [3.05, 3.63) is 87.8 Å². The summed E-state index contributed by atoms with van der Waals surface area (Å²) < 4.78 is 5.52. The fourth-order valence-corrected chi connectivity index (χ4v) is 3.03. The SMILES string of the molecule is O=C(Nc1cc2c(oc1=O)-c1ccccc1CC2)c1ccccc1. The fourth-order valence-electron chi connectivity index (χ4n) is 3.03. The number of fused-ring (bicyclic) bond motifs is 3. The van der Waals surface area contributed by atoms with Crippen molar-refractivity contribution < 1.29 is 9.21 Å². The molecule has 0 spiro atoms. The van der Waals surface area contributed by atoms with Crippen molar-refractivity contribution in [2.75, 3.05) is 5.32 Å². The zero-order valence-corrected chi connectivity index (χ0v) is 12.9. The van der Waals surface area contributed by atoms with E-state index in [4.69, 9.17) is 4.42 Å². The number of nitrogens with one attached hydrogen (secondary N) is 1. The molecule has 1 heterocycles. The van der Waals surface area contributed by atoms with Crippen LogP contribution in [0.3, 0.4) is 0 Å². The Morgan fingerprint density at radius 2 is 1.62 bits per heavy atom. The van der Waals surface area contributed by atoms with Crippen molar-refractivity contribution in [3.8, 4) is 11.3 Å². The first-order chi connectivity index (χ1) is 11.7. The average Bonchev–Trinajstić information content (AvgIpc) is 2.63. The lowest BCUT2D eigenvalue weighted by Gasteiger charge is -2.18. The Morgan fingerprint density at radius 1 is 0.917 bits per heavy atom. The van der Waals surface area contributed by atoms with Crippen LogP contribution in [0, 0.1) is 0 Å². The number of carbonyl (C=O) groups is 1. The first-order valence-electron chi connectivity index (χ1n) is 7.84. The number of rotatable bonds is 2. The summed E-state index contributed by atoms with van der Waals surface area (Å²) in [5.74, 6) is 0.290. The van der Waals surface area contributed by atoms with Crippen LogP contribution in [-0.2, 0) is 12.8 Å². The monoisotopic (exact) mass is 317 g/mol. The maximum absolute atomic E-state index is 12.3. The van der Waals surface area contributed by atoms with Crippen LogP contribution in [0.4, 0.5) is 5.69 Å². The first kappa shape index (κ1) is 14.5. The first-order valence-corrected chi connectivity index (χ1v) is 7.84. The van der Waals surface area contributed by atoms with Crippen molar-refractivity contribution in [2.24, 2.45) is 0 Å². The van der Waals surface area contributed by atoms with Crippen LogP contribution < -0.4 is 10.9 Å². The lowest BCUT2D eigenvalue weighted by Crippen LogP contribution is -2.19. The van der Waals surface area contributed by atoms with Gasteiger partial charge in [0.1, 0.15) is 11.4 Å². The Bertz CT molecular complexity index is 974. The van der Waals surface area contributed by atoms with E-state index in [0.29, 0.717) is 11.3 Å². The Morgan fingerprint density at radius 3 is 2.46 bits per heavy atom. The quantitative estimate of drug-likeness (QED) is 0.784. The second-order valence-corrected chi connectivity index (χ2v) is 5.78. The van der Waals surface area contributed by atoms with Crippen LogP contribution in [0.25, 0.3) is 11.3 Å². The van der Waals surface area contributed by atoms with Gasteiger partial charge in [-0.05, 0) is 42.2 Å². The number of hydrogen-bond donors (Lipinski definition) is 1. The number of aryl methyl sites for hydroxylation is 2. The molecule has 0 saturated heterocycles. The molecular weight excluding hydrogens is 302 g/mol. The van der Waals surface area contributed by atoms with E-state index in [1.165, 1.54) is 5.56 Å². The Hall–Kier alpha value is -3.14. The molecule has 4 rings (SSSR count). The van der Waals surface area contributed by atoms with Crippen LogP contribution in [0.2, 0.25) is 0 Å². The zero-order valence-electron chi connectivity index (χ0n) is 12.9. The second-order valence-electron chi connectivity index (χ2n) is 5.78. The maximum Gasteiger partial charge on any atom is 0.360 e. The average molecular weight is 317 g/mol. The molecule has 0 radical (unpaired) electrons. The molecule has 0 fully saturated rings. The van der Waals surface area contributed by atoms with Crippen LogP contribution >= 0.6 is 0 Å². The highest BCUT2D eigenvalue weighted by atomic mass is 16.4. The molecule has 4 nitrogen and oxygen atoms in total. The number of carbonyl (C=O) groups excluding carboxylic acids is 1. The Balaban J connectivity index is 1.71. The molecule has 4 heteroatoms. The lowest BCUT2D eigenvalue weighted by molar-refractivity contribution is 0.102. The predicted molar refractivity (Wildman–Crippen MR) is 92.2 cm³/mol. The molecule has 118 valence electrons. The fraction of sp³-hybridized carbons (Fsp3) is 0.100. The summed E-state index contributed by atoms with van der Waals surface area (Å²) in [5, 5.41) is 2.66. The highest BCUT2D eigenvalue weighted by molar-refractivity contribution is 6.04. The van der Waals surface area contributed by atoms with Gasteiger partial charge < -0.3 is 9.73 Å². The van der Waals surface area contributed by atoms with Gasteiger partial charge in [0.2, 0.25) is 0 Å². The number of hydrogen-bond acceptors (Lipinski definition) is 3. The van der Waals surface area contributed by atoms with Gasteiger partial charge in [-0.15, -0.1) is 0 Å². The van der Waals surface area contributed by atoms with Gasteiger partial charge in [0.05, 0.1) is 0 Å². The summed E-state index contributed by atoms with van der Waals surface area (Å²) in [7, 11) is 0. The third kappa shape index (κ3) is 2.52. The van der Waals surface area contributed by atoms with Gasteiger partial charge in [-0.3, -0.25) is 4.79 Å². The van der Waals surface area contributed by atoms with E-state index in [9.17, 15) is 9.59 Å². The molecule has 0 bridgehead atoms. The summed E-state index contributed by atoms with van der Waals surface area (Å²) in [6.07, 6.45) is 1.67. The van der Waals surface area contributed by atoms with Gasteiger partial charge in [-0.25, -0.2) is 4.79 Å². The molecule has 1 aliphatic rings. The molecule has 1 amide bonds. The van der Waals surface area contributed by atoms with Crippen LogP contribution in [0.15, 0.2) is 69.9 Å². The van der Waals surface area contributed by atoms with Gasteiger partial charge in [0.15, 0.2) is 0 Å². The van der Waals surface area contributed by atoms with Crippen molar-refractivity contribution >= 4 is 11.6 Å². The van der Waals surface area contributed by atoms with E-state index in [0.717, 1.165) is 24.0 Å². The molecule has 1 aliphatic carbocycles. The molecule has 0 saturated carbocycles. The molecular formula is C20H15NO3. The molecule has 0 atom stereocenters. The van der Waals surface area contributed by atoms with Crippen LogP contribution in [0.5, 0.6) is 0 Å². The third-order valence-corrected chi connectivity index (χ3v) is 4.23. The summed E-state index contributed by atoms with van der Waals surface area (Å²) in [4.78, 5) is 24.5. The number of amides is 1. The summed E-state index contributed by atoms with van der Waals surface area (Å²) in [6.45, 7) is 0. The van der Waals surface area contributed by atoms with Crippen LogP contribution in [0.1, 0.15) is 21.5 Å². The minimum Gasteiger partial charge on any atom is -0.421 e. The van der Waals surface area contributed by atoms with E-state index < -0.39 is 5.63 Å². The number of anilines is 1. The van der Waals surface area contributed by atoms with E-state index in [1.807, 2.05) is 30.3 Å². The van der Waals surface area contributed by atoms with Crippen molar-refractivity contribution in [1.29, 1.82) is 0 Å². The topological polar surface area (TPSA) is 59.3 Å². The van der Waals surface area contributed by atoms with Crippen LogP contribution in [-0.4, -0.2) is 5.91 Å². The van der Waals surface area contributed by atoms with Gasteiger partial charge in [0, 0.05) is 11.1 Å². The Kier molecular flexibility index (Phi) is 3.50. The van der Waals surface area contributed by atoms with Crippen molar-refractivity contribution in [3.63, 3.8) is 0 Å².